The summed E-state index contributed by atoms with van der Waals surface area (Å²) in [4.78, 5) is 3.68. The quantitative estimate of drug-likeness (QED) is 0.641. The van der Waals surface area contributed by atoms with E-state index in [4.69, 9.17) is 0 Å². The van der Waals surface area contributed by atoms with Crippen LogP contribution in [0.2, 0.25) is 0 Å². The lowest BCUT2D eigenvalue weighted by Gasteiger charge is -2.19. The minimum atomic E-state index is -0.415. The predicted octanol–water partition coefficient (Wildman–Crippen LogP) is 4.24. The maximum absolute atomic E-state index is 12.7. The Kier molecular flexibility index (Phi) is 4.56. The first kappa shape index (κ1) is 13.3. The smallest absolute Gasteiger partial charge is 0.212 e. The molecule has 0 bridgehead atoms. The normalized spacial score (nSPS) is 24.9. The van der Waals surface area contributed by atoms with Gasteiger partial charge in [-0.1, -0.05) is 26.7 Å². The fourth-order valence-electron chi connectivity index (χ4n) is 2.84. The number of hydrogen-bond acceptors (Lipinski definition) is 2. The zero-order chi connectivity index (χ0) is 13.0. The van der Waals surface area contributed by atoms with Gasteiger partial charge in [0, 0.05) is 6.04 Å². The van der Waals surface area contributed by atoms with Crippen molar-refractivity contribution in [2.24, 2.45) is 11.8 Å². The van der Waals surface area contributed by atoms with Gasteiger partial charge >= 0.3 is 0 Å². The summed E-state index contributed by atoms with van der Waals surface area (Å²) in [6, 6.07) is 3.70. The van der Waals surface area contributed by atoms with Crippen LogP contribution in [0.25, 0.3) is 0 Å². The maximum Gasteiger partial charge on any atom is 0.212 e. The Morgan fingerprint density at radius 3 is 2.72 bits per heavy atom. The molecule has 1 aromatic heterocycles. The van der Waals surface area contributed by atoms with E-state index in [1.54, 1.807) is 12.3 Å². The van der Waals surface area contributed by atoms with Crippen molar-refractivity contribution in [2.45, 2.75) is 52.0 Å². The highest BCUT2D eigenvalue weighted by Crippen LogP contribution is 2.29. The van der Waals surface area contributed by atoms with E-state index in [1.165, 1.54) is 38.2 Å². The summed E-state index contributed by atoms with van der Waals surface area (Å²) in [6.07, 6.45) is 7.93. The molecule has 0 aliphatic heterocycles. The molecule has 2 rings (SSSR count). The van der Waals surface area contributed by atoms with E-state index < -0.39 is 5.95 Å². The molecular weight excluding hydrogens is 227 g/mol. The van der Waals surface area contributed by atoms with Gasteiger partial charge in [0.2, 0.25) is 5.95 Å². The molecule has 1 heterocycles. The molecule has 1 aliphatic rings. The summed E-state index contributed by atoms with van der Waals surface area (Å²) in [7, 11) is 0. The van der Waals surface area contributed by atoms with E-state index in [0.29, 0.717) is 6.04 Å². The third-order valence-corrected chi connectivity index (χ3v) is 4.05. The maximum atomic E-state index is 12.7. The summed E-state index contributed by atoms with van der Waals surface area (Å²) >= 11 is 0. The van der Waals surface area contributed by atoms with E-state index in [9.17, 15) is 4.39 Å². The van der Waals surface area contributed by atoms with Crippen LogP contribution in [0.15, 0.2) is 18.3 Å². The van der Waals surface area contributed by atoms with Gasteiger partial charge in [-0.3, -0.25) is 0 Å². The second-order valence-corrected chi connectivity index (χ2v) is 5.72. The first-order chi connectivity index (χ1) is 8.65. The van der Waals surface area contributed by atoms with Gasteiger partial charge in [0.25, 0.3) is 0 Å². The SMILES string of the molecule is CC(C)C1CCCC(Nc2ccc(F)nc2)CC1. The van der Waals surface area contributed by atoms with Crippen molar-refractivity contribution in [2.75, 3.05) is 5.32 Å². The van der Waals surface area contributed by atoms with E-state index >= 15 is 0 Å². The first-order valence-electron chi connectivity index (χ1n) is 7.03. The molecule has 1 aromatic rings. The van der Waals surface area contributed by atoms with Gasteiger partial charge in [0.15, 0.2) is 0 Å². The molecule has 2 nitrogen and oxygen atoms in total. The molecule has 1 aliphatic carbocycles. The van der Waals surface area contributed by atoms with Gasteiger partial charge in [-0.15, -0.1) is 0 Å². The van der Waals surface area contributed by atoms with Crippen LogP contribution in [-0.2, 0) is 0 Å². The number of pyridine rings is 1. The van der Waals surface area contributed by atoms with Crippen molar-refractivity contribution in [1.82, 2.24) is 4.98 Å². The zero-order valence-electron chi connectivity index (χ0n) is 11.3. The fourth-order valence-corrected chi connectivity index (χ4v) is 2.84. The second-order valence-electron chi connectivity index (χ2n) is 5.72. The first-order valence-corrected chi connectivity index (χ1v) is 7.03. The highest BCUT2D eigenvalue weighted by atomic mass is 19.1. The monoisotopic (exact) mass is 250 g/mol. The number of halogens is 1. The van der Waals surface area contributed by atoms with Crippen LogP contribution in [-0.4, -0.2) is 11.0 Å². The second kappa shape index (κ2) is 6.17. The minimum absolute atomic E-state index is 0.415. The Balaban J connectivity index is 1.88. The Morgan fingerprint density at radius 2 is 2.06 bits per heavy atom. The Hall–Kier alpha value is -1.12. The molecule has 1 fully saturated rings. The van der Waals surface area contributed by atoms with Crippen LogP contribution in [0, 0.1) is 17.8 Å². The van der Waals surface area contributed by atoms with E-state index in [2.05, 4.69) is 24.1 Å². The molecule has 0 saturated heterocycles. The van der Waals surface area contributed by atoms with Crippen LogP contribution < -0.4 is 5.32 Å². The molecule has 0 amide bonds. The molecule has 18 heavy (non-hydrogen) atoms. The third-order valence-electron chi connectivity index (χ3n) is 4.05. The summed E-state index contributed by atoms with van der Waals surface area (Å²) in [5.41, 5.74) is 0.935. The largest absolute Gasteiger partial charge is 0.381 e. The highest BCUT2D eigenvalue weighted by molar-refractivity contribution is 5.40. The Morgan fingerprint density at radius 1 is 1.22 bits per heavy atom. The fraction of sp³-hybridized carbons (Fsp3) is 0.667. The molecule has 2 unspecified atom stereocenters. The molecule has 3 heteroatoms. The summed E-state index contributed by atoms with van der Waals surface area (Å²) in [5.74, 6) is 1.24. The Labute approximate surface area is 109 Å². The van der Waals surface area contributed by atoms with Crippen molar-refractivity contribution in [3.05, 3.63) is 24.3 Å². The highest BCUT2D eigenvalue weighted by Gasteiger charge is 2.20. The molecule has 0 spiro atoms. The van der Waals surface area contributed by atoms with Crippen LogP contribution in [0.5, 0.6) is 0 Å². The summed E-state index contributed by atoms with van der Waals surface area (Å²) in [6.45, 7) is 4.64. The summed E-state index contributed by atoms with van der Waals surface area (Å²) < 4.78 is 12.7. The molecule has 100 valence electrons. The number of nitrogens with one attached hydrogen (secondary N) is 1. The van der Waals surface area contributed by atoms with Gasteiger partial charge < -0.3 is 5.32 Å². The van der Waals surface area contributed by atoms with Crippen LogP contribution in [0.1, 0.15) is 46.0 Å². The summed E-state index contributed by atoms with van der Waals surface area (Å²) in [5, 5.41) is 3.48. The van der Waals surface area contributed by atoms with Crippen molar-refractivity contribution in [1.29, 1.82) is 0 Å². The van der Waals surface area contributed by atoms with Gasteiger partial charge in [-0.25, -0.2) is 4.98 Å². The van der Waals surface area contributed by atoms with Crippen LogP contribution in [0.4, 0.5) is 10.1 Å². The number of hydrogen-bond donors (Lipinski definition) is 1. The van der Waals surface area contributed by atoms with Crippen molar-refractivity contribution < 1.29 is 4.39 Å². The van der Waals surface area contributed by atoms with E-state index in [0.717, 1.165) is 17.5 Å². The zero-order valence-corrected chi connectivity index (χ0v) is 11.3. The average Bonchev–Trinajstić information content (AvgIpc) is 2.58. The van der Waals surface area contributed by atoms with Crippen molar-refractivity contribution >= 4 is 5.69 Å². The van der Waals surface area contributed by atoms with Gasteiger partial charge in [-0.05, 0) is 43.2 Å². The number of anilines is 1. The van der Waals surface area contributed by atoms with Crippen molar-refractivity contribution in [3.8, 4) is 0 Å². The predicted molar refractivity (Wildman–Crippen MR) is 73.0 cm³/mol. The third kappa shape index (κ3) is 3.69. The molecular formula is C15H23FN2. The van der Waals surface area contributed by atoms with Gasteiger partial charge in [0.1, 0.15) is 0 Å². The lowest BCUT2D eigenvalue weighted by Crippen LogP contribution is -2.18. The average molecular weight is 250 g/mol. The number of rotatable bonds is 3. The lowest BCUT2D eigenvalue weighted by atomic mass is 9.89. The molecule has 1 saturated carbocycles. The van der Waals surface area contributed by atoms with Gasteiger partial charge in [0.05, 0.1) is 11.9 Å². The number of aromatic nitrogens is 1. The Bertz CT molecular complexity index is 361. The van der Waals surface area contributed by atoms with E-state index in [-0.39, 0.29) is 0 Å². The van der Waals surface area contributed by atoms with E-state index in [1.807, 2.05) is 0 Å². The lowest BCUT2D eigenvalue weighted by molar-refractivity contribution is 0.341. The molecule has 2 atom stereocenters. The van der Waals surface area contributed by atoms with Gasteiger partial charge in [-0.2, -0.15) is 4.39 Å². The molecule has 1 N–H and O–H groups in total. The number of nitrogens with zero attached hydrogens (tertiary/aromatic N) is 1. The molecule has 0 aromatic carbocycles. The van der Waals surface area contributed by atoms with Crippen LogP contribution in [0.3, 0.4) is 0 Å². The molecule has 0 radical (unpaired) electrons. The standard InChI is InChI=1S/C15H23FN2/c1-11(2)12-4-3-5-13(7-6-12)18-14-8-9-15(16)17-10-14/h8-13,18H,3-7H2,1-2H3. The topological polar surface area (TPSA) is 24.9 Å². The van der Waals surface area contributed by atoms with Crippen molar-refractivity contribution in [3.63, 3.8) is 0 Å². The minimum Gasteiger partial charge on any atom is -0.381 e. The van der Waals surface area contributed by atoms with Crippen LogP contribution >= 0.6 is 0 Å².